The molecule has 1 aromatic heterocycles. The van der Waals surface area contributed by atoms with E-state index in [0.29, 0.717) is 17.8 Å². The first-order valence-corrected chi connectivity index (χ1v) is 5.68. The number of benzene rings is 1. The highest BCUT2D eigenvalue weighted by molar-refractivity contribution is 5.94. The average Bonchev–Trinajstić information content (AvgIpc) is 2.74. The van der Waals surface area contributed by atoms with Crippen LogP contribution in [0.15, 0.2) is 30.5 Å². The number of hydrogen-bond donors (Lipinski definition) is 1. The molecule has 94 valence electrons. The smallest absolute Gasteiger partial charge is 0.339 e. The third kappa shape index (κ3) is 2.40. The Morgan fingerprint density at radius 1 is 1.50 bits per heavy atom. The second-order valence-electron chi connectivity index (χ2n) is 3.97. The van der Waals surface area contributed by atoms with Gasteiger partial charge in [-0.3, -0.25) is 4.68 Å². The largest absolute Gasteiger partial charge is 0.478 e. The van der Waals surface area contributed by atoms with Crippen LogP contribution in [-0.2, 0) is 6.54 Å². The van der Waals surface area contributed by atoms with Gasteiger partial charge in [0.15, 0.2) is 0 Å². The second-order valence-corrected chi connectivity index (χ2v) is 3.97. The molecule has 2 rings (SSSR count). The first-order valence-electron chi connectivity index (χ1n) is 5.68. The van der Waals surface area contributed by atoms with Gasteiger partial charge in [0.25, 0.3) is 0 Å². The second kappa shape index (κ2) is 5.00. The first kappa shape index (κ1) is 12.3. The SMILES string of the molecule is CCCn1cc(C(=O)O)c(-c2cccc(F)c2)n1. The molecule has 1 N–H and O–H groups in total. The Labute approximate surface area is 104 Å². The minimum Gasteiger partial charge on any atom is -0.478 e. The number of aryl methyl sites for hydroxylation is 1. The molecule has 0 spiro atoms. The summed E-state index contributed by atoms with van der Waals surface area (Å²) in [6.45, 7) is 2.61. The monoisotopic (exact) mass is 248 g/mol. The molecule has 0 aliphatic heterocycles. The third-order valence-electron chi connectivity index (χ3n) is 2.54. The molecule has 0 aliphatic carbocycles. The number of rotatable bonds is 4. The van der Waals surface area contributed by atoms with Crippen LogP contribution in [-0.4, -0.2) is 20.9 Å². The molecular weight excluding hydrogens is 235 g/mol. The highest BCUT2D eigenvalue weighted by Gasteiger charge is 2.17. The zero-order chi connectivity index (χ0) is 13.1. The van der Waals surface area contributed by atoms with Crippen LogP contribution in [0.1, 0.15) is 23.7 Å². The Morgan fingerprint density at radius 3 is 2.89 bits per heavy atom. The molecule has 4 nitrogen and oxygen atoms in total. The molecule has 0 saturated heterocycles. The molecule has 0 amide bonds. The van der Waals surface area contributed by atoms with Gasteiger partial charge in [0, 0.05) is 18.3 Å². The maximum atomic E-state index is 13.2. The summed E-state index contributed by atoms with van der Waals surface area (Å²) >= 11 is 0. The number of nitrogens with zero attached hydrogens (tertiary/aromatic N) is 2. The first-order chi connectivity index (χ1) is 8.61. The van der Waals surface area contributed by atoms with Gasteiger partial charge in [0.05, 0.1) is 0 Å². The van der Waals surface area contributed by atoms with Gasteiger partial charge >= 0.3 is 5.97 Å². The van der Waals surface area contributed by atoms with E-state index in [1.807, 2.05) is 6.92 Å². The summed E-state index contributed by atoms with van der Waals surface area (Å²) in [5.74, 6) is -1.47. The maximum Gasteiger partial charge on any atom is 0.339 e. The van der Waals surface area contributed by atoms with E-state index in [1.165, 1.54) is 24.4 Å². The van der Waals surface area contributed by atoms with Gasteiger partial charge in [-0.25, -0.2) is 9.18 Å². The standard InChI is InChI=1S/C13H13FN2O2/c1-2-6-16-8-11(13(17)18)12(15-16)9-4-3-5-10(14)7-9/h3-5,7-8H,2,6H2,1H3,(H,17,18). The van der Waals surface area contributed by atoms with Crippen LogP contribution in [0, 0.1) is 5.82 Å². The lowest BCUT2D eigenvalue weighted by Crippen LogP contribution is -1.97. The fourth-order valence-corrected chi connectivity index (χ4v) is 1.77. The number of carbonyl (C=O) groups is 1. The van der Waals surface area contributed by atoms with E-state index in [0.717, 1.165) is 6.42 Å². The Bertz CT molecular complexity index is 578. The highest BCUT2D eigenvalue weighted by Crippen LogP contribution is 2.23. The molecule has 2 aromatic rings. The van der Waals surface area contributed by atoms with Gasteiger partial charge < -0.3 is 5.11 Å². The molecule has 0 unspecified atom stereocenters. The van der Waals surface area contributed by atoms with E-state index in [1.54, 1.807) is 10.7 Å². The highest BCUT2D eigenvalue weighted by atomic mass is 19.1. The van der Waals surface area contributed by atoms with Gasteiger partial charge in [-0.05, 0) is 18.6 Å². The summed E-state index contributed by atoms with van der Waals surface area (Å²) in [4.78, 5) is 11.2. The van der Waals surface area contributed by atoms with Crippen molar-refractivity contribution < 1.29 is 14.3 Å². The van der Waals surface area contributed by atoms with Crippen molar-refractivity contribution in [2.75, 3.05) is 0 Å². The van der Waals surface area contributed by atoms with Crippen LogP contribution in [0.2, 0.25) is 0 Å². The average molecular weight is 248 g/mol. The van der Waals surface area contributed by atoms with Gasteiger partial charge in [0.1, 0.15) is 17.1 Å². The van der Waals surface area contributed by atoms with Crippen LogP contribution < -0.4 is 0 Å². The van der Waals surface area contributed by atoms with Crippen molar-refractivity contribution in [1.82, 2.24) is 9.78 Å². The summed E-state index contributed by atoms with van der Waals surface area (Å²) in [7, 11) is 0. The molecule has 0 fully saturated rings. The van der Waals surface area contributed by atoms with Crippen molar-refractivity contribution in [3.8, 4) is 11.3 Å². The fourth-order valence-electron chi connectivity index (χ4n) is 1.77. The molecule has 0 radical (unpaired) electrons. The van der Waals surface area contributed by atoms with Gasteiger partial charge in [0.2, 0.25) is 0 Å². The predicted octanol–water partition coefficient (Wildman–Crippen LogP) is 2.80. The van der Waals surface area contributed by atoms with E-state index in [9.17, 15) is 9.18 Å². The van der Waals surface area contributed by atoms with Crippen molar-refractivity contribution in [2.24, 2.45) is 0 Å². The number of aromatic carboxylic acids is 1. The fraction of sp³-hybridized carbons (Fsp3) is 0.231. The topological polar surface area (TPSA) is 55.1 Å². The quantitative estimate of drug-likeness (QED) is 0.905. The number of carboxylic acid groups (broad SMARTS) is 1. The Morgan fingerprint density at radius 2 is 2.28 bits per heavy atom. The minimum atomic E-state index is -1.06. The van der Waals surface area contributed by atoms with Crippen LogP contribution in [0.25, 0.3) is 11.3 Å². The zero-order valence-corrected chi connectivity index (χ0v) is 9.93. The number of halogens is 1. The molecule has 0 bridgehead atoms. The number of carboxylic acids is 1. The zero-order valence-electron chi connectivity index (χ0n) is 9.93. The van der Waals surface area contributed by atoms with Crippen molar-refractivity contribution in [3.05, 3.63) is 41.8 Å². The van der Waals surface area contributed by atoms with Crippen molar-refractivity contribution in [2.45, 2.75) is 19.9 Å². The van der Waals surface area contributed by atoms with E-state index in [4.69, 9.17) is 5.11 Å². The summed E-state index contributed by atoms with van der Waals surface area (Å²) in [5, 5.41) is 13.3. The molecular formula is C13H13FN2O2. The van der Waals surface area contributed by atoms with Crippen LogP contribution in [0.3, 0.4) is 0 Å². The summed E-state index contributed by atoms with van der Waals surface area (Å²) in [6, 6.07) is 5.78. The van der Waals surface area contributed by atoms with Crippen molar-refractivity contribution >= 4 is 5.97 Å². The van der Waals surface area contributed by atoms with E-state index < -0.39 is 11.8 Å². The Kier molecular flexibility index (Phi) is 3.41. The van der Waals surface area contributed by atoms with Crippen LogP contribution in [0.5, 0.6) is 0 Å². The normalized spacial score (nSPS) is 10.6. The molecule has 1 aromatic carbocycles. The van der Waals surface area contributed by atoms with Gasteiger partial charge in [-0.2, -0.15) is 5.10 Å². The lowest BCUT2D eigenvalue weighted by Gasteiger charge is -1.99. The molecule has 5 heteroatoms. The van der Waals surface area contributed by atoms with Gasteiger partial charge in [-0.15, -0.1) is 0 Å². The molecule has 0 saturated carbocycles. The van der Waals surface area contributed by atoms with Crippen molar-refractivity contribution in [3.63, 3.8) is 0 Å². The van der Waals surface area contributed by atoms with Gasteiger partial charge in [-0.1, -0.05) is 19.1 Å². The summed E-state index contributed by atoms with van der Waals surface area (Å²) in [5.41, 5.74) is 0.867. The number of aromatic nitrogens is 2. The minimum absolute atomic E-state index is 0.0917. The Balaban J connectivity index is 2.51. The van der Waals surface area contributed by atoms with Crippen LogP contribution >= 0.6 is 0 Å². The molecule has 0 aliphatic rings. The van der Waals surface area contributed by atoms with Crippen molar-refractivity contribution in [1.29, 1.82) is 0 Å². The number of hydrogen-bond acceptors (Lipinski definition) is 2. The lowest BCUT2D eigenvalue weighted by molar-refractivity contribution is 0.0697. The van der Waals surface area contributed by atoms with Crippen LogP contribution in [0.4, 0.5) is 4.39 Å². The predicted molar refractivity (Wildman–Crippen MR) is 64.9 cm³/mol. The van der Waals surface area contributed by atoms with E-state index in [2.05, 4.69) is 5.10 Å². The molecule has 1 heterocycles. The van der Waals surface area contributed by atoms with E-state index >= 15 is 0 Å². The maximum absolute atomic E-state index is 13.2. The summed E-state index contributed by atoms with van der Waals surface area (Å²) < 4.78 is 14.7. The third-order valence-corrected chi connectivity index (χ3v) is 2.54. The van der Waals surface area contributed by atoms with E-state index in [-0.39, 0.29) is 5.56 Å². The molecule has 18 heavy (non-hydrogen) atoms. The summed E-state index contributed by atoms with van der Waals surface area (Å²) in [6.07, 6.45) is 2.33. The Hall–Kier alpha value is -2.17. The molecule has 0 atom stereocenters. The lowest BCUT2D eigenvalue weighted by atomic mass is 10.1.